The first-order valence-corrected chi connectivity index (χ1v) is 11.5. The lowest BCUT2D eigenvalue weighted by Crippen LogP contribution is -2.17. The highest BCUT2D eigenvalue weighted by molar-refractivity contribution is 7.99. The molecule has 0 unspecified atom stereocenters. The molecule has 1 aliphatic carbocycles. The molecule has 32 heavy (non-hydrogen) atoms. The Hall–Kier alpha value is -3.33. The van der Waals surface area contributed by atoms with Crippen molar-refractivity contribution in [3.63, 3.8) is 0 Å². The molecule has 1 fully saturated rings. The number of carbonyl (C=O) groups is 2. The van der Waals surface area contributed by atoms with Gasteiger partial charge in [0.15, 0.2) is 10.9 Å². The predicted octanol–water partition coefficient (Wildman–Crippen LogP) is 3.86. The third kappa shape index (κ3) is 5.67. The topological polar surface area (TPSA) is 112 Å². The van der Waals surface area contributed by atoms with E-state index in [9.17, 15) is 9.59 Å². The van der Waals surface area contributed by atoms with Crippen molar-refractivity contribution < 1.29 is 14.3 Å². The van der Waals surface area contributed by atoms with Gasteiger partial charge >= 0.3 is 0 Å². The minimum absolute atomic E-state index is 0.151. The molecule has 1 aromatic heterocycles. The lowest BCUT2D eigenvalue weighted by molar-refractivity contribution is -0.118. The van der Waals surface area contributed by atoms with Crippen molar-refractivity contribution in [2.24, 2.45) is 5.73 Å². The molecule has 0 atom stereocenters. The molecular weight excluding hydrogens is 426 g/mol. The minimum atomic E-state index is -0.376. The SMILES string of the molecule is Cc1ccc(Oc2ccccc2NC(=O)CSc2nnc(C3CC3)n2CCC(N)=O)cc1. The molecule has 0 spiro atoms. The van der Waals surface area contributed by atoms with E-state index in [1.165, 1.54) is 11.8 Å². The summed E-state index contributed by atoms with van der Waals surface area (Å²) in [4.78, 5) is 23.9. The summed E-state index contributed by atoms with van der Waals surface area (Å²) in [6.45, 7) is 2.43. The van der Waals surface area contributed by atoms with Crippen molar-refractivity contribution in [1.29, 1.82) is 0 Å². The first-order chi connectivity index (χ1) is 15.5. The van der Waals surface area contributed by atoms with Gasteiger partial charge in [0.2, 0.25) is 11.8 Å². The van der Waals surface area contributed by atoms with Crippen LogP contribution < -0.4 is 15.8 Å². The van der Waals surface area contributed by atoms with Crippen LogP contribution >= 0.6 is 11.8 Å². The van der Waals surface area contributed by atoms with Crippen LogP contribution in [0.15, 0.2) is 53.7 Å². The smallest absolute Gasteiger partial charge is 0.234 e. The zero-order valence-electron chi connectivity index (χ0n) is 17.8. The summed E-state index contributed by atoms with van der Waals surface area (Å²) in [5.74, 6) is 2.09. The van der Waals surface area contributed by atoms with Crippen LogP contribution in [-0.4, -0.2) is 32.3 Å². The Morgan fingerprint density at radius 2 is 1.91 bits per heavy atom. The summed E-state index contributed by atoms with van der Waals surface area (Å²) >= 11 is 1.29. The molecule has 9 heteroatoms. The van der Waals surface area contributed by atoms with Gasteiger partial charge in [0.05, 0.1) is 11.4 Å². The number of nitrogens with one attached hydrogen (secondary N) is 1. The average Bonchev–Trinajstić information content (AvgIpc) is 3.54. The van der Waals surface area contributed by atoms with Crippen LogP contribution in [-0.2, 0) is 16.1 Å². The molecule has 2 aromatic carbocycles. The maximum atomic E-state index is 12.6. The summed E-state index contributed by atoms with van der Waals surface area (Å²) in [6.07, 6.45) is 2.34. The molecule has 3 aromatic rings. The van der Waals surface area contributed by atoms with Gasteiger partial charge in [0, 0.05) is 18.9 Å². The fourth-order valence-electron chi connectivity index (χ4n) is 3.19. The zero-order valence-corrected chi connectivity index (χ0v) is 18.6. The molecule has 0 aliphatic heterocycles. The maximum Gasteiger partial charge on any atom is 0.234 e. The van der Waals surface area contributed by atoms with E-state index in [0.29, 0.717) is 34.8 Å². The Morgan fingerprint density at radius 3 is 2.62 bits per heavy atom. The zero-order chi connectivity index (χ0) is 22.5. The largest absolute Gasteiger partial charge is 0.455 e. The fraction of sp³-hybridized carbons (Fsp3) is 0.304. The normalized spacial score (nSPS) is 13.0. The number of carbonyl (C=O) groups excluding carboxylic acids is 2. The van der Waals surface area contributed by atoms with Gasteiger partial charge in [-0.25, -0.2) is 0 Å². The van der Waals surface area contributed by atoms with Crippen LogP contribution in [0.1, 0.15) is 36.6 Å². The quantitative estimate of drug-likeness (QED) is 0.453. The van der Waals surface area contributed by atoms with E-state index in [1.54, 1.807) is 6.07 Å². The van der Waals surface area contributed by atoms with Gasteiger partial charge in [-0.3, -0.25) is 9.59 Å². The van der Waals surface area contributed by atoms with Crippen molar-refractivity contribution in [2.45, 2.75) is 43.8 Å². The predicted molar refractivity (Wildman–Crippen MR) is 123 cm³/mol. The number of para-hydroxylation sites is 2. The van der Waals surface area contributed by atoms with Gasteiger partial charge in [0.1, 0.15) is 11.6 Å². The van der Waals surface area contributed by atoms with E-state index in [1.807, 2.05) is 54.0 Å². The molecule has 1 aliphatic rings. The third-order valence-corrected chi connectivity index (χ3v) is 5.98. The molecule has 2 amide bonds. The summed E-state index contributed by atoms with van der Waals surface area (Å²) in [5.41, 5.74) is 7.04. The number of rotatable bonds is 10. The fourth-order valence-corrected chi connectivity index (χ4v) is 3.96. The van der Waals surface area contributed by atoms with E-state index in [4.69, 9.17) is 10.5 Å². The van der Waals surface area contributed by atoms with Gasteiger partial charge in [-0.15, -0.1) is 10.2 Å². The molecular formula is C23H25N5O3S. The van der Waals surface area contributed by atoms with Crippen molar-refractivity contribution >= 4 is 29.3 Å². The van der Waals surface area contributed by atoms with E-state index in [-0.39, 0.29) is 24.0 Å². The highest BCUT2D eigenvalue weighted by Crippen LogP contribution is 2.40. The van der Waals surface area contributed by atoms with Crippen molar-refractivity contribution in [3.05, 3.63) is 59.9 Å². The van der Waals surface area contributed by atoms with E-state index >= 15 is 0 Å². The molecule has 1 heterocycles. The number of hydrogen-bond acceptors (Lipinski definition) is 6. The first-order valence-electron chi connectivity index (χ1n) is 10.5. The molecule has 0 radical (unpaired) electrons. The van der Waals surface area contributed by atoms with Crippen LogP contribution in [0, 0.1) is 6.92 Å². The number of ether oxygens (including phenoxy) is 1. The number of aromatic nitrogens is 3. The van der Waals surface area contributed by atoms with Gasteiger partial charge in [-0.2, -0.15) is 0 Å². The number of benzene rings is 2. The van der Waals surface area contributed by atoms with Crippen LogP contribution in [0.4, 0.5) is 5.69 Å². The lowest BCUT2D eigenvalue weighted by Gasteiger charge is -2.12. The van der Waals surface area contributed by atoms with Gasteiger partial charge in [-0.05, 0) is 44.0 Å². The Balaban J connectivity index is 1.40. The molecule has 0 bridgehead atoms. The number of amides is 2. The number of hydrogen-bond donors (Lipinski definition) is 2. The van der Waals surface area contributed by atoms with Crippen LogP contribution in [0.5, 0.6) is 11.5 Å². The maximum absolute atomic E-state index is 12.6. The minimum Gasteiger partial charge on any atom is -0.455 e. The van der Waals surface area contributed by atoms with Crippen molar-refractivity contribution in [3.8, 4) is 11.5 Å². The summed E-state index contributed by atoms with van der Waals surface area (Å²) in [5, 5.41) is 12.0. The van der Waals surface area contributed by atoms with Crippen LogP contribution in [0.3, 0.4) is 0 Å². The standard InChI is InChI=1S/C23H25N5O3S/c1-15-6-10-17(11-7-15)31-19-5-3-2-4-18(19)25-21(30)14-32-23-27-26-22(16-8-9-16)28(23)13-12-20(24)29/h2-7,10-11,16H,8-9,12-14H2,1H3,(H2,24,29)(H,25,30). The van der Waals surface area contributed by atoms with E-state index in [2.05, 4.69) is 15.5 Å². The first kappa shape index (κ1) is 21.9. The molecule has 3 N–H and O–H groups in total. The lowest BCUT2D eigenvalue weighted by atomic mass is 10.2. The highest BCUT2D eigenvalue weighted by atomic mass is 32.2. The molecule has 166 valence electrons. The second kappa shape index (κ2) is 9.86. The number of nitrogens with zero attached hydrogens (tertiary/aromatic N) is 3. The number of aryl methyl sites for hydroxylation is 1. The number of nitrogens with two attached hydrogens (primary N) is 1. The number of anilines is 1. The van der Waals surface area contributed by atoms with E-state index < -0.39 is 0 Å². The van der Waals surface area contributed by atoms with Gasteiger partial charge < -0.3 is 20.4 Å². The van der Waals surface area contributed by atoms with E-state index in [0.717, 1.165) is 24.2 Å². The summed E-state index contributed by atoms with van der Waals surface area (Å²) in [7, 11) is 0. The number of thioether (sulfide) groups is 1. The van der Waals surface area contributed by atoms with Gasteiger partial charge in [-0.1, -0.05) is 41.6 Å². The molecule has 8 nitrogen and oxygen atoms in total. The second-order valence-corrected chi connectivity index (χ2v) is 8.67. The van der Waals surface area contributed by atoms with Crippen LogP contribution in [0.25, 0.3) is 0 Å². The third-order valence-electron chi connectivity index (χ3n) is 5.01. The highest BCUT2D eigenvalue weighted by Gasteiger charge is 2.30. The number of primary amides is 1. The van der Waals surface area contributed by atoms with Crippen molar-refractivity contribution in [2.75, 3.05) is 11.1 Å². The summed E-state index contributed by atoms with van der Waals surface area (Å²) < 4.78 is 7.86. The average molecular weight is 452 g/mol. The van der Waals surface area contributed by atoms with Crippen molar-refractivity contribution in [1.82, 2.24) is 14.8 Å². The molecule has 4 rings (SSSR count). The van der Waals surface area contributed by atoms with Gasteiger partial charge in [0.25, 0.3) is 0 Å². The Kier molecular flexibility index (Phi) is 6.75. The van der Waals surface area contributed by atoms with Crippen LogP contribution in [0.2, 0.25) is 0 Å². The second-order valence-electron chi connectivity index (χ2n) is 7.73. The Morgan fingerprint density at radius 1 is 1.16 bits per heavy atom. The Labute approximate surface area is 190 Å². The monoisotopic (exact) mass is 451 g/mol. The molecule has 1 saturated carbocycles. The summed E-state index contributed by atoms with van der Waals surface area (Å²) in [6, 6.07) is 15.0. The Bertz CT molecular complexity index is 1110. The molecule has 0 saturated heterocycles.